The second-order valence-electron chi connectivity index (χ2n) is 13.5. The normalized spacial score (nSPS) is 40.2. The van der Waals surface area contributed by atoms with Crippen LogP contribution < -0.4 is 0 Å². The predicted octanol–water partition coefficient (Wildman–Crippen LogP) is 5.36. The molecule has 0 saturated heterocycles. The van der Waals surface area contributed by atoms with Gasteiger partial charge < -0.3 is 14.0 Å². The lowest BCUT2D eigenvalue weighted by atomic mass is 9.70. The summed E-state index contributed by atoms with van der Waals surface area (Å²) >= 11 is 0. The van der Waals surface area contributed by atoms with E-state index in [1.807, 2.05) is 0 Å². The summed E-state index contributed by atoms with van der Waals surface area (Å²) in [7, 11) is 0. The maximum atomic E-state index is 13.1. The Morgan fingerprint density at radius 1 is 0.727 bits per heavy atom. The summed E-state index contributed by atoms with van der Waals surface area (Å²) in [6.07, 6.45) is 6.70. The van der Waals surface area contributed by atoms with Crippen molar-refractivity contribution < 1.29 is 23.5 Å². The first-order chi connectivity index (χ1) is 15.2. The van der Waals surface area contributed by atoms with Crippen molar-refractivity contribution in [2.45, 2.75) is 106 Å². The van der Waals surface area contributed by atoms with E-state index >= 15 is 0 Å². The molecular formula is C28H48NO4+. The number of fused-ring (bicyclic) bond motifs is 4. The quantitative estimate of drug-likeness (QED) is 0.360. The van der Waals surface area contributed by atoms with Gasteiger partial charge in [-0.25, -0.2) is 9.59 Å². The fraction of sp³-hybridized carbons (Fsp3) is 0.929. The molecule has 33 heavy (non-hydrogen) atoms. The van der Waals surface area contributed by atoms with E-state index in [9.17, 15) is 9.59 Å². The number of hydrogen-bond acceptors (Lipinski definition) is 4. The van der Waals surface area contributed by atoms with Crippen LogP contribution in [0.5, 0.6) is 0 Å². The largest absolute Gasteiger partial charge is 0.458 e. The highest BCUT2D eigenvalue weighted by Gasteiger charge is 2.64. The molecule has 188 valence electrons. The van der Waals surface area contributed by atoms with Gasteiger partial charge in [0.1, 0.15) is 12.2 Å². The van der Waals surface area contributed by atoms with E-state index in [-0.39, 0.29) is 58.9 Å². The van der Waals surface area contributed by atoms with Crippen molar-refractivity contribution in [3.05, 3.63) is 0 Å². The van der Waals surface area contributed by atoms with Gasteiger partial charge >= 0.3 is 11.9 Å². The molecule has 4 saturated carbocycles. The summed E-state index contributed by atoms with van der Waals surface area (Å²) < 4.78 is 12.7. The number of carbonyl (C=O) groups excluding carboxylic acids is 2. The van der Waals surface area contributed by atoms with Crippen LogP contribution in [-0.4, -0.2) is 54.8 Å². The number of likely N-dealkylation sites (N-methyl/N-ethyl adjacent to an activating group) is 1. The maximum Gasteiger partial charge on any atom is 0.362 e. The van der Waals surface area contributed by atoms with E-state index in [0.29, 0.717) is 29.4 Å². The summed E-state index contributed by atoms with van der Waals surface area (Å²) in [6.45, 7) is 20.0. The van der Waals surface area contributed by atoms with Crippen LogP contribution in [0.3, 0.4) is 0 Å². The van der Waals surface area contributed by atoms with Crippen molar-refractivity contribution in [3.8, 4) is 0 Å². The SMILES string of the molecule is CC[N+](CC)(CC(=O)O[C@H]1C[C@H]2CC[C@@]1(C)C2(C)C)CC(=O)O[C@@H]1C[C@H]2CC[C@]1(C)C2(C)C. The smallest absolute Gasteiger partial charge is 0.362 e. The summed E-state index contributed by atoms with van der Waals surface area (Å²) in [5.41, 5.74) is 0.552. The topological polar surface area (TPSA) is 52.6 Å². The number of hydrogen-bond donors (Lipinski definition) is 0. The molecule has 4 aliphatic carbocycles. The minimum atomic E-state index is -0.158. The molecule has 0 spiro atoms. The van der Waals surface area contributed by atoms with Gasteiger partial charge in [-0.05, 0) is 75.0 Å². The van der Waals surface area contributed by atoms with E-state index in [0.717, 1.165) is 25.7 Å². The molecule has 0 aromatic rings. The van der Waals surface area contributed by atoms with Crippen LogP contribution in [-0.2, 0) is 19.1 Å². The first-order valence-electron chi connectivity index (χ1n) is 13.5. The Hall–Kier alpha value is -1.10. The molecule has 5 heteroatoms. The molecule has 6 atom stereocenters. The average molecular weight is 463 g/mol. The Kier molecular flexibility index (Phi) is 6.03. The molecule has 0 radical (unpaired) electrons. The maximum absolute atomic E-state index is 13.1. The van der Waals surface area contributed by atoms with Gasteiger partial charge in [-0.3, -0.25) is 0 Å². The van der Waals surface area contributed by atoms with Crippen LogP contribution >= 0.6 is 0 Å². The number of nitrogens with zero attached hydrogens (tertiary/aromatic N) is 1. The lowest BCUT2D eigenvalue weighted by Gasteiger charge is -2.40. The van der Waals surface area contributed by atoms with E-state index in [2.05, 4.69) is 55.4 Å². The third kappa shape index (κ3) is 3.58. The Morgan fingerprint density at radius 2 is 1.09 bits per heavy atom. The number of ether oxygens (including phenoxy) is 2. The van der Waals surface area contributed by atoms with Gasteiger partial charge in [0.2, 0.25) is 0 Å². The van der Waals surface area contributed by atoms with E-state index in [4.69, 9.17) is 9.47 Å². The third-order valence-electron chi connectivity index (χ3n) is 12.2. The zero-order valence-electron chi connectivity index (χ0n) is 22.5. The van der Waals surface area contributed by atoms with E-state index < -0.39 is 0 Å². The minimum absolute atomic E-state index is 0.00228. The van der Waals surface area contributed by atoms with Crippen LogP contribution in [0.1, 0.15) is 93.9 Å². The van der Waals surface area contributed by atoms with Crippen LogP contribution in [0.4, 0.5) is 0 Å². The molecule has 5 nitrogen and oxygen atoms in total. The van der Waals surface area contributed by atoms with E-state index in [1.54, 1.807) is 0 Å². The molecule has 0 aromatic carbocycles. The molecule has 4 bridgehead atoms. The van der Waals surface area contributed by atoms with Gasteiger partial charge in [0.15, 0.2) is 13.1 Å². The van der Waals surface area contributed by atoms with Crippen molar-refractivity contribution in [1.82, 2.24) is 0 Å². The van der Waals surface area contributed by atoms with Gasteiger partial charge in [-0.1, -0.05) is 41.5 Å². The fourth-order valence-electron chi connectivity index (χ4n) is 8.28. The standard InChI is InChI=1S/C28H48NO4/c1-9-29(10-2,17-23(30)32-21-15-19-11-13-27(21,7)25(19,3)4)18-24(31)33-22-16-20-12-14-28(22,8)26(20,5)6/h19-22H,9-18H2,1-8H3/q+1/t19-,20-,21-,22+,27+,28-/m1/s1. The van der Waals surface area contributed by atoms with Gasteiger partial charge in [-0.2, -0.15) is 0 Å². The fourth-order valence-corrected chi connectivity index (χ4v) is 8.28. The zero-order valence-corrected chi connectivity index (χ0v) is 22.5. The number of esters is 2. The second kappa shape index (κ2) is 7.96. The van der Waals surface area contributed by atoms with Crippen molar-refractivity contribution in [2.24, 2.45) is 33.5 Å². The molecular weight excluding hydrogens is 414 g/mol. The summed E-state index contributed by atoms with van der Waals surface area (Å²) in [4.78, 5) is 26.3. The first kappa shape index (κ1) is 25.0. The Bertz CT molecular complexity index is 738. The lowest BCUT2D eigenvalue weighted by molar-refractivity contribution is -0.911. The molecule has 4 rings (SSSR count). The number of rotatable bonds is 8. The minimum Gasteiger partial charge on any atom is -0.458 e. The van der Waals surface area contributed by atoms with Crippen LogP contribution in [0, 0.1) is 33.5 Å². The van der Waals surface area contributed by atoms with Gasteiger partial charge in [0.05, 0.1) is 13.1 Å². The molecule has 0 aliphatic heterocycles. The van der Waals surface area contributed by atoms with Crippen LogP contribution in [0.25, 0.3) is 0 Å². The molecule has 4 aliphatic rings. The Balaban J connectivity index is 1.38. The molecule has 0 aromatic heterocycles. The molecule has 0 amide bonds. The van der Waals surface area contributed by atoms with Gasteiger partial charge in [0.25, 0.3) is 0 Å². The number of carbonyl (C=O) groups is 2. The molecule has 0 heterocycles. The molecule has 0 unspecified atom stereocenters. The average Bonchev–Trinajstić information content (AvgIpc) is 3.25. The lowest BCUT2D eigenvalue weighted by Crippen LogP contribution is -2.55. The zero-order chi connectivity index (χ0) is 24.4. The monoisotopic (exact) mass is 462 g/mol. The molecule has 4 fully saturated rings. The van der Waals surface area contributed by atoms with Crippen LogP contribution in [0.2, 0.25) is 0 Å². The predicted molar refractivity (Wildman–Crippen MR) is 129 cm³/mol. The van der Waals surface area contributed by atoms with Crippen molar-refractivity contribution in [3.63, 3.8) is 0 Å². The van der Waals surface area contributed by atoms with Gasteiger partial charge in [-0.15, -0.1) is 0 Å². The Morgan fingerprint density at radius 3 is 1.33 bits per heavy atom. The summed E-state index contributed by atoms with van der Waals surface area (Å²) in [5.74, 6) is 0.960. The third-order valence-corrected chi connectivity index (χ3v) is 12.2. The molecule has 0 N–H and O–H groups in total. The van der Waals surface area contributed by atoms with Crippen molar-refractivity contribution >= 4 is 11.9 Å². The number of quaternary nitrogens is 1. The van der Waals surface area contributed by atoms with Crippen molar-refractivity contribution in [2.75, 3.05) is 26.2 Å². The highest BCUT2D eigenvalue weighted by atomic mass is 16.6. The highest BCUT2D eigenvalue weighted by molar-refractivity contribution is 5.73. The van der Waals surface area contributed by atoms with Gasteiger partial charge in [0, 0.05) is 10.8 Å². The van der Waals surface area contributed by atoms with E-state index in [1.165, 1.54) is 12.8 Å². The first-order valence-corrected chi connectivity index (χ1v) is 13.5. The van der Waals surface area contributed by atoms with Crippen molar-refractivity contribution in [1.29, 1.82) is 0 Å². The summed E-state index contributed by atoms with van der Waals surface area (Å²) in [5, 5.41) is 0. The highest BCUT2D eigenvalue weighted by Crippen LogP contribution is 2.67. The Labute approximate surface area is 201 Å². The summed E-state index contributed by atoms with van der Waals surface area (Å²) in [6, 6.07) is 0. The van der Waals surface area contributed by atoms with Crippen LogP contribution in [0.15, 0.2) is 0 Å². The second-order valence-corrected chi connectivity index (χ2v) is 13.5.